The van der Waals surface area contributed by atoms with Crippen molar-refractivity contribution in [2.24, 2.45) is 0 Å². The maximum absolute atomic E-state index is 4.76. The Bertz CT molecular complexity index is 757. The summed E-state index contributed by atoms with van der Waals surface area (Å²) < 4.78 is 0. The van der Waals surface area contributed by atoms with Crippen LogP contribution in [0.5, 0.6) is 0 Å². The van der Waals surface area contributed by atoms with E-state index >= 15 is 0 Å². The molecule has 1 heterocycles. The molecule has 0 bridgehead atoms. The summed E-state index contributed by atoms with van der Waals surface area (Å²) in [6.07, 6.45) is 0. The van der Waals surface area contributed by atoms with E-state index in [1.54, 1.807) is 0 Å². The van der Waals surface area contributed by atoms with Crippen molar-refractivity contribution in [3.8, 4) is 11.3 Å². The van der Waals surface area contributed by atoms with E-state index in [1.165, 1.54) is 27.6 Å². The molecule has 0 saturated heterocycles. The van der Waals surface area contributed by atoms with Gasteiger partial charge in [-0.25, -0.2) is 4.98 Å². The summed E-state index contributed by atoms with van der Waals surface area (Å²) in [6.45, 7) is 6.38. The number of hydrogen-bond acceptors (Lipinski definition) is 1. The lowest BCUT2D eigenvalue weighted by atomic mass is 10.0. The number of benzene rings is 2. The van der Waals surface area contributed by atoms with Crippen LogP contribution in [0.25, 0.3) is 22.2 Å². The zero-order valence-corrected chi connectivity index (χ0v) is 11.6. The Hall–Kier alpha value is -2.15. The molecule has 0 unspecified atom stereocenters. The van der Waals surface area contributed by atoms with E-state index < -0.39 is 0 Å². The van der Waals surface area contributed by atoms with Crippen LogP contribution in [-0.4, -0.2) is 4.98 Å². The monoisotopic (exact) mass is 247 g/mol. The topological polar surface area (TPSA) is 12.9 Å². The summed E-state index contributed by atoms with van der Waals surface area (Å²) in [5, 5.41) is 1.20. The van der Waals surface area contributed by atoms with E-state index in [2.05, 4.69) is 69.3 Å². The summed E-state index contributed by atoms with van der Waals surface area (Å²) in [4.78, 5) is 4.76. The highest BCUT2D eigenvalue weighted by atomic mass is 14.7. The van der Waals surface area contributed by atoms with Crippen molar-refractivity contribution in [2.45, 2.75) is 20.8 Å². The zero-order valence-electron chi connectivity index (χ0n) is 11.6. The highest BCUT2D eigenvalue weighted by Gasteiger charge is 2.03. The van der Waals surface area contributed by atoms with E-state index in [0.717, 1.165) is 11.2 Å². The fraction of sp³-hybridized carbons (Fsp3) is 0.167. The number of rotatable bonds is 1. The highest BCUT2D eigenvalue weighted by Crippen LogP contribution is 2.23. The van der Waals surface area contributed by atoms with Crippen LogP contribution in [0.2, 0.25) is 0 Å². The van der Waals surface area contributed by atoms with Gasteiger partial charge >= 0.3 is 0 Å². The summed E-state index contributed by atoms with van der Waals surface area (Å²) >= 11 is 0. The largest absolute Gasteiger partial charge is 0.248 e. The van der Waals surface area contributed by atoms with Crippen LogP contribution >= 0.6 is 0 Å². The van der Waals surface area contributed by atoms with Crippen molar-refractivity contribution in [3.63, 3.8) is 0 Å². The second-order valence-electron chi connectivity index (χ2n) is 5.19. The molecule has 94 valence electrons. The minimum Gasteiger partial charge on any atom is -0.248 e. The van der Waals surface area contributed by atoms with Crippen molar-refractivity contribution >= 4 is 10.9 Å². The van der Waals surface area contributed by atoms with Crippen LogP contribution in [-0.2, 0) is 0 Å². The van der Waals surface area contributed by atoms with Gasteiger partial charge in [-0.15, -0.1) is 0 Å². The Balaban J connectivity index is 2.14. The molecule has 2 aromatic carbocycles. The second kappa shape index (κ2) is 4.51. The van der Waals surface area contributed by atoms with Gasteiger partial charge in [0.15, 0.2) is 0 Å². The summed E-state index contributed by atoms with van der Waals surface area (Å²) in [5.74, 6) is 0. The normalized spacial score (nSPS) is 10.9. The van der Waals surface area contributed by atoms with E-state index in [4.69, 9.17) is 4.98 Å². The molecule has 0 N–H and O–H groups in total. The highest BCUT2D eigenvalue weighted by molar-refractivity contribution is 5.82. The molecule has 1 heteroatoms. The van der Waals surface area contributed by atoms with Crippen molar-refractivity contribution < 1.29 is 0 Å². The number of hydrogen-bond donors (Lipinski definition) is 0. The van der Waals surface area contributed by atoms with Crippen LogP contribution in [0.15, 0.2) is 48.5 Å². The fourth-order valence-corrected chi connectivity index (χ4v) is 2.31. The standard InChI is InChI=1S/C18H17N/c1-12-4-8-17-15(10-12)7-9-18(19-17)16-6-5-13(2)14(3)11-16/h4-11H,1-3H3. The molecule has 0 spiro atoms. The molecule has 1 nitrogen and oxygen atoms in total. The molecule has 19 heavy (non-hydrogen) atoms. The summed E-state index contributed by atoms with van der Waals surface area (Å²) in [7, 11) is 0. The fourth-order valence-electron chi connectivity index (χ4n) is 2.31. The first kappa shape index (κ1) is 11.9. The Morgan fingerprint density at radius 1 is 0.737 bits per heavy atom. The van der Waals surface area contributed by atoms with Gasteiger partial charge in [-0.2, -0.15) is 0 Å². The number of pyridine rings is 1. The number of fused-ring (bicyclic) bond motifs is 1. The molecular weight excluding hydrogens is 230 g/mol. The van der Waals surface area contributed by atoms with Crippen molar-refractivity contribution in [1.82, 2.24) is 4.98 Å². The van der Waals surface area contributed by atoms with Gasteiger partial charge in [-0.3, -0.25) is 0 Å². The van der Waals surface area contributed by atoms with Crippen molar-refractivity contribution in [1.29, 1.82) is 0 Å². The van der Waals surface area contributed by atoms with Gasteiger partial charge in [0.2, 0.25) is 0 Å². The third-order valence-corrected chi connectivity index (χ3v) is 3.65. The van der Waals surface area contributed by atoms with Crippen LogP contribution < -0.4 is 0 Å². The van der Waals surface area contributed by atoms with Gasteiger partial charge in [0, 0.05) is 10.9 Å². The lowest BCUT2D eigenvalue weighted by molar-refractivity contribution is 1.32. The maximum Gasteiger partial charge on any atom is 0.0709 e. The second-order valence-corrected chi connectivity index (χ2v) is 5.19. The molecule has 0 aliphatic carbocycles. The minimum absolute atomic E-state index is 1.04. The van der Waals surface area contributed by atoms with Crippen molar-refractivity contribution in [2.75, 3.05) is 0 Å². The lowest BCUT2D eigenvalue weighted by Crippen LogP contribution is -1.88. The predicted molar refractivity (Wildman–Crippen MR) is 81.4 cm³/mol. The van der Waals surface area contributed by atoms with Crippen LogP contribution in [0.3, 0.4) is 0 Å². The first-order valence-electron chi connectivity index (χ1n) is 6.58. The Labute approximate surface area is 113 Å². The number of nitrogens with zero attached hydrogens (tertiary/aromatic N) is 1. The molecule has 0 aliphatic rings. The van der Waals surface area contributed by atoms with Gasteiger partial charge in [0.05, 0.1) is 11.2 Å². The molecular formula is C18H17N. The molecule has 0 saturated carbocycles. The van der Waals surface area contributed by atoms with Crippen LogP contribution in [0.1, 0.15) is 16.7 Å². The van der Waals surface area contributed by atoms with Gasteiger partial charge < -0.3 is 0 Å². The first-order chi connectivity index (χ1) is 9.13. The average Bonchev–Trinajstić information content (AvgIpc) is 2.41. The smallest absolute Gasteiger partial charge is 0.0709 e. The average molecular weight is 247 g/mol. The van der Waals surface area contributed by atoms with Gasteiger partial charge in [0.25, 0.3) is 0 Å². The first-order valence-corrected chi connectivity index (χ1v) is 6.58. The van der Waals surface area contributed by atoms with Crippen molar-refractivity contribution in [3.05, 3.63) is 65.2 Å². The molecule has 0 radical (unpaired) electrons. The molecule has 0 aliphatic heterocycles. The molecule has 3 rings (SSSR count). The van der Waals surface area contributed by atoms with Gasteiger partial charge in [0.1, 0.15) is 0 Å². The van der Waals surface area contributed by atoms with E-state index in [9.17, 15) is 0 Å². The Kier molecular flexibility index (Phi) is 2.83. The Morgan fingerprint density at radius 2 is 1.58 bits per heavy atom. The van der Waals surface area contributed by atoms with E-state index in [1.807, 2.05) is 0 Å². The van der Waals surface area contributed by atoms with E-state index in [-0.39, 0.29) is 0 Å². The van der Waals surface area contributed by atoms with Crippen LogP contribution in [0, 0.1) is 20.8 Å². The maximum atomic E-state index is 4.76. The Morgan fingerprint density at radius 3 is 2.37 bits per heavy atom. The summed E-state index contributed by atoms with van der Waals surface area (Å²) in [5.41, 5.74) is 7.18. The molecule has 0 fully saturated rings. The molecule has 3 aromatic rings. The third-order valence-electron chi connectivity index (χ3n) is 3.65. The van der Waals surface area contributed by atoms with E-state index in [0.29, 0.717) is 0 Å². The zero-order chi connectivity index (χ0) is 13.4. The SMILES string of the molecule is Cc1ccc2nc(-c3ccc(C)c(C)c3)ccc2c1. The molecule has 0 amide bonds. The van der Waals surface area contributed by atoms with Gasteiger partial charge in [-0.05, 0) is 56.2 Å². The third kappa shape index (κ3) is 2.24. The molecule has 0 atom stereocenters. The molecule has 1 aromatic heterocycles. The number of aromatic nitrogens is 1. The van der Waals surface area contributed by atoms with Crippen LogP contribution in [0.4, 0.5) is 0 Å². The quantitative estimate of drug-likeness (QED) is 0.600. The lowest BCUT2D eigenvalue weighted by Gasteiger charge is -2.06. The summed E-state index contributed by atoms with van der Waals surface area (Å²) in [6, 6.07) is 17.1. The predicted octanol–water partition coefficient (Wildman–Crippen LogP) is 4.83. The van der Waals surface area contributed by atoms with Gasteiger partial charge in [-0.1, -0.05) is 29.8 Å². The minimum atomic E-state index is 1.04. The number of aryl methyl sites for hydroxylation is 3.